The molecular weight excluding hydrogens is 773 g/mol. The summed E-state index contributed by atoms with van der Waals surface area (Å²) in [5, 5.41) is 0. The van der Waals surface area contributed by atoms with Gasteiger partial charge in [0.25, 0.3) is 0 Å². The lowest BCUT2D eigenvalue weighted by Gasteiger charge is -2.36. The molecule has 0 saturated heterocycles. The van der Waals surface area contributed by atoms with Gasteiger partial charge in [-0.2, -0.15) is 0 Å². The van der Waals surface area contributed by atoms with Crippen LogP contribution in [0, 0.1) is 11.8 Å². The van der Waals surface area contributed by atoms with Gasteiger partial charge in [-0.25, -0.2) is 0 Å². The van der Waals surface area contributed by atoms with Gasteiger partial charge in [-0.1, -0.05) is 171 Å². The van der Waals surface area contributed by atoms with Crippen molar-refractivity contribution in [2.75, 3.05) is 9.80 Å². The van der Waals surface area contributed by atoms with E-state index in [9.17, 15) is 0 Å². The van der Waals surface area contributed by atoms with E-state index in [0.717, 1.165) is 68.4 Å². The Hall–Kier alpha value is -6.90. The maximum atomic E-state index is 4.20. The summed E-state index contributed by atoms with van der Waals surface area (Å²) in [6.07, 6.45) is 46.7. The molecule has 0 heterocycles. The molecule has 0 radical (unpaired) electrons. The van der Waals surface area contributed by atoms with Crippen molar-refractivity contribution in [3.63, 3.8) is 0 Å². The van der Waals surface area contributed by atoms with Gasteiger partial charge in [0.2, 0.25) is 0 Å². The quantitative estimate of drug-likeness (QED) is 0.0728. The normalized spacial score (nSPS) is 18.4. The van der Waals surface area contributed by atoms with Gasteiger partial charge in [-0.3, -0.25) is 0 Å². The fraction of sp³-hybridized carbons (Fsp3) is 0.194. The van der Waals surface area contributed by atoms with Crippen molar-refractivity contribution in [1.29, 1.82) is 0 Å². The summed E-state index contributed by atoms with van der Waals surface area (Å²) in [4.78, 5) is 4.78. The highest BCUT2D eigenvalue weighted by molar-refractivity contribution is 5.75. The fourth-order valence-electron chi connectivity index (χ4n) is 9.83. The molecule has 4 aromatic rings. The maximum Gasteiger partial charge on any atom is 0.0559 e. The molecule has 0 aliphatic heterocycles. The zero-order chi connectivity index (χ0) is 44.1. The molecule has 0 spiro atoms. The van der Waals surface area contributed by atoms with Crippen molar-refractivity contribution in [2.45, 2.75) is 63.3 Å². The third-order valence-corrected chi connectivity index (χ3v) is 13.0. The maximum absolute atomic E-state index is 4.20. The predicted molar refractivity (Wildman–Crippen MR) is 277 cm³/mol. The van der Waals surface area contributed by atoms with Crippen molar-refractivity contribution in [3.8, 4) is 11.1 Å². The Balaban J connectivity index is 1.04. The second kappa shape index (κ2) is 21.5. The Morgan fingerprint density at radius 3 is 1.86 bits per heavy atom. The molecule has 4 aliphatic rings. The molecule has 0 N–H and O–H groups in total. The summed E-state index contributed by atoms with van der Waals surface area (Å²) >= 11 is 0. The van der Waals surface area contributed by atoms with Gasteiger partial charge >= 0.3 is 0 Å². The highest BCUT2D eigenvalue weighted by Gasteiger charge is 2.27. The Morgan fingerprint density at radius 1 is 0.641 bits per heavy atom. The molecule has 0 saturated carbocycles. The van der Waals surface area contributed by atoms with Crippen LogP contribution >= 0.6 is 0 Å². The van der Waals surface area contributed by atoms with E-state index >= 15 is 0 Å². The second-order valence-corrected chi connectivity index (χ2v) is 17.0. The standard InChI is InChI=1S/C62H62N2/c1-5-21-47(7-3)61(50-23-13-9-14-24-50)53-35-43-58(44-36-53)63(55(8-4)22-6-2)57-39-31-48(32-40-57)49-33-41-59(42-34-49)64(56-29-19-12-20-30-56)60-45-37-54(38-46-60)62(51-25-15-10-16-26-51)52-27-17-11-18-28-52/h5-10,13-15,17,19,22-25,27-45,47,60-62H,1-4,11-12,16,18,20-21,26,46H2/b55-22+. The van der Waals surface area contributed by atoms with E-state index in [1.165, 1.54) is 50.4 Å². The number of hydrogen-bond donors (Lipinski definition) is 0. The fourth-order valence-corrected chi connectivity index (χ4v) is 9.83. The molecule has 4 unspecified atom stereocenters. The first kappa shape index (κ1) is 43.7. The molecule has 4 aromatic carbocycles. The zero-order valence-corrected chi connectivity index (χ0v) is 37.3. The second-order valence-electron chi connectivity index (χ2n) is 17.0. The molecule has 2 nitrogen and oxygen atoms in total. The summed E-state index contributed by atoms with van der Waals surface area (Å²) in [5.74, 6) is 0.728. The van der Waals surface area contributed by atoms with Crippen LogP contribution in [0.1, 0.15) is 68.4 Å². The van der Waals surface area contributed by atoms with Crippen LogP contribution in [-0.2, 0) is 0 Å². The topological polar surface area (TPSA) is 6.48 Å². The van der Waals surface area contributed by atoms with E-state index in [0.29, 0.717) is 5.92 Å². The minimum absolute atomic E-state index is 0.168. The van der Waals surface area contributed by atoms with Gasteiger partial charge < -0.3 is 9.80 Å². The number of hydrogen-bond acceptors (Lipinski definition) is 2. The average molecular weight is 835 g/mol. The summed E-state index contributed by atoms with van der Waals surface area (Å²) in [6.45, 7) is 16.5. The summed E-state index contributed by atoms with van der Waals surface area (Å²) in [6, 6.07) is 37.9. The van der Waals surface area contributed by atoms with Crippen LogP contribution in [-0.4, -0.2) is 6.04 Å². The van der Waals surface area contributed by atoms with E-state index in [1.807, 2.05) is 24.3 Å². The van der Waals surface area contributed by atoms with Crippen molar-refractivity contribution in [2.24, 2.45) is 11.8 Å². The van der Waals surface area contributed by atoms with Gasteiger partial charge in [0.1, 0.15) is 0 Å². The first-order valence-electron chi connectivity index (χ1n) is 23.2. The van der Waals surface area contributed by atoms with Crippen LogP contribution in [0.4, 0.5) is 17.1 Å². The van der Waals surface area contributed by atoms with Gasteiger partial charge in [-0.05, 0) is 145 Å². The van der Waals surface area contributed by atoms with Gasteiger partial charge in [0, 0.05) is 40.3 Å². The Morgan fingerprint density at radius 2 is 1.30 bits per heavy atom. The summed E-state index contributed by atoms with van der Waals surface area (Å²) in [7, 11) is 0. The number of rotatable bonds is 18. The lowest BCUT2D eigenvalue weighted by Crippen LogP contribution is -2.34. The van der Waals surface area contributed by atoms with Crippen LogP contribution in [0.25, 0.3) is 11.1 Å². The third kappa shape index (κ3) is 9.98. The SMILES string of the molecule is C=C/C=C(\C=C)N(c1ccc(-c2ccc(N(C3=CCCC=C3)C3C=CC(C(C4=CCCC=C4)C4=CC=CCC4)=CC3)cc2)cc1)c1ccc(C(c2ccccc2)C(C=C)CC=C)cc1. The van der Waals surface area contributed by atoms with Gasteiger partial charge in [-0.15, -0.1) is 13.2 Å². The molecule has 0 fully saturated rings. The molecular formula is C62H62N2. The van der Waals surface area contributed by atoms with Crippen LogP contribution in [0.15, 0.2) is 261 Å². The third-order valence-electron chi connectivity index (χ3n) is 13.0. The lowest BCUT2D eigenvalue weighted by molar-refractivity contribution is 0.578. The Labute approximate surface area is 383 Å². The van der Waals surface area contributed by atoms with Crippen LogP contribution < -0.4 is 9.80 Å². The molecule has 8 rings (SSSR count). The largest absolute Gasteiger partial charge is 0.335 e. The highest BCUT2D eigenvalue weighted by atomic mass is 15.2. The molecule has 4 atom stereocenters. The van der Waals surface area contributed by atoms with Crippen LogP contribution in [0.5, 0.6) is 0 Å². The first-order valence-corrected chi connectivity index (χ1v) is 23.2. The van der Waals surface area contributed by atoms with E-state index in [1.54, 1.807) is 0 Å². The molecule has 4 aliphatic carbocycles. The van der Waals surface area contributed by atoms with Crippen molar-refractivity contribution in [3.05, 3.63) is 272 Å². The molecule has 320 valence electrons. The van der Waals surface area contributed by atoms with E-state index in [4.69, 9.17) is 0 Å². The number of nitrogens with zero attached hydrogens (tertiary/aromatic N) is 2. The smallest absolute Gasteiger partial charge is 0.0559 e. The van der Waals surface area contributed by atoms with Gasteiger partial charge in [0.05, 0.1) is 6.04 Å². The molecule has 0 aromatic heterocycles. The summed E-state index contributed by atoms with van der Waals surface area (Å²) < 4.78 is 0. The minimum atomic E-state index is 0.168. The van der Waals surface area contributed by atoms with Gasteiger partial charge in [0.15, 0.2) is 0 Å². The molecule has 2 heteroatoms. The first-order chi connectivity index (χ1) is 31.6. The highest BCUT2D eigenvalue weighted by Crippen LogP contribution is 2.41. The number of allylic oxidation sites excluding steroid dienone is 18. The monoisotopic (exact) mass is 834 g/mol. The average Bonchev–Trinajstić information content (AvgIpc) is 3.36. The van der Waals surface area contributed by atoms with Crippen LogP contribution in [0.2, 0.25) is 0 Å². The zero-order valence-electron chi connectivity index (χ0n) is 37.3. The molecule has 0 amide bonds. The number of anilines is 3. The van der Waals surface area contributed by atoms with E-state index in [2.05, 4.69) is 218 Å². The van der Waals surface area contributed by atoms with E-state index in [-0.39, 0.29) is 17.9 Å². The number of benzene rings is 4. The lowest BCUT2D eigenvalue weighted by atomic mass is 9.77. The van der Waals surface area contributed by atoms with E-state index < -0.39 is 0 Å². The summed E-state index contributed by atoms with van der Waals surface area (Å²) in [5.41, 5.74) is 14.8. The predicted octanol–water partition coefficient (Wildman–Crippen LogP) is 16.7. The van der Waals surface area contributed by atoms with Crippen molar-refractivity contribution >= 4 is 17.1 Å². The molecule has 0 bridgehead atoms. The van der Waals surface area contributed by atoms with Crippen molar-refractivity contribution in [1.82, 2.24) is 0 Å². The minimum Gasteiger partial charge on any atom is -0.335 e. The van der Waals surface area contributed by atoms with Crippen molar-refractivity contribution < 1.29 is 0 Å². The molecule has 64 heavy (non-hydrogen) atoms. The Bertz CT molecular complexity index is 2560. The Kier molecular flexibility index (Phi) is 14.7. The van der Waals surface area contributed by atoms with Crippen LogP contribution in [0.3, 0.4) is 0 Å².